The van der Waals surface area contributed by atoms with Gasteiger partial charge >= 0.3 is 5.97 Å². The molecule has 4 heteroatoms. The Morgan fingerprint density at radius 1 is 1.10 bits per heavy atom. The highest BCUT2D eigenvalue weighted by atomic mass is 16.5. The zero-order valence-electron chi connectivity index (χ0n) is 11.9. The van der Waals surface area contributed by atoms with Gasteiger partial charge in [-0.25, -0.2) is 0 Å². The second kappa shape index (κ2) is 7.45. The molecule has 4 nitrogen and oxygen atoms in total. The van der Waals surface area contributed by atoms with Gasteiger partial charge in [0.15, 0.2) is 0 Å². The average molecular weight is 286 g/mol. The molecule has 0 aliphatic heterocycles. The molecular formula is C17H18O4. The first-order valence-electron chi connectivity index (χ1n) is 6.70. The topological polar surface area (TPSA) is 55.8 Å². The fraction of sp³-hybridized carbons (Fsp3) is 0.235. The van der Waals surface area contributed by atoms with E-state index in [9.17, 15) is 4.79 Å². The molecule has 1 atom stereocenters. The standard InChI is InChI=1S/C17H18O4/c1-20-16(11-17(18)19)14-7-9-15(10-8-14)21-12-13-5-3-2-4-6-13/h2-10,16H,11-12H2,1H3,(H,18,19). The molecule has 110 valence electrons. The number of methoxy groups -OCH3 is 1. The number of carboxylic acid groups (broad SMARTS) is 1. The maximum atomic E-state index is 10.8. The number of ether oxygens (including phenoxy) is 2. The lowest BCUT2D eigenvalue weighted by atomic mass is 10.1. The van der Waals surface area contributed by atoms with Crippen LogP contribution in [0, 0.1) is 0 Å². The zero-order valence-corrected chi connectivity index (χ0v) is 11.9. The highest BCUT2D eigenvalue weighted by Gasteiger charge is 2.14. The van der Waals surface area contributed by atoms with Gasteiger partial charge in [-0.3, -0.25) is 4.79 Å². The van der Waals surface area contributed by atoms with Crippen molar-refractivity contribution in [2.24, 2.45) is 0 Å². The van der Waals surface area contributed by atoms with Gasteiger partial charge < -0.3 is 14.6 Å². The second-order valence-electron chi connectivity index (χ2n) is 4.67. The average Bonchev–Trinajstić information content (AvgIpc) is 2.52. The summed E-state index contributed by atoms with van der Waals surface area (Å²) in [4.78, 5) is 10.8. The summed E-state index contributed by atoms with van der Waals surface area (Å²) < 4.78 is 10.9. The zero-order chi connectivity index (χ0) is 15.1. The SMILES string of the molecule is COC(CC(=O)O)c1ccc(OCc2ccccc2)cc1. The van der Waals surface area contributed by atoms with Crippen LogP contribution in [0.5, 0.6) is 5.75 Å². The molecule has 2 rings (SSSR count). The minimum atomic E-state index is -0.883. The highest BCUT2D eigenvalue weighted by molar-refractivity contribution is 5.67. The molecule has 2 aromatic carbocycles. The summed E-state index contributed by atoms with van der Waals surface area (Å²) in [5.41, 5.74) is 1.93. The van der Waals surface area contributed by atoms with Crippen molar-refractivity contribution in [3.05, 3.63) is 65.7 Å². The quantitative estimate of drug-likeness (QED) is 0.847. The minimum absolute atomic E-state index is 0.0548. The molecule has 0 fully saturated rings. The Hall–Kier alpha value is -2.33. The molecule has 0 aromatic heterocycles. The van der Waals surface area contributed by atoms with Crippen LogP contribution in [-0.4, -0.2) is 18.2 Å². The van der Waals surface area contributed by atoms with E-state index in [1.807, 2.05) is 54.6 Å². The molecule has 0 heterocycles. The van der Waals surface area contributed by atoms with Crippen molar-refractivity contribution in [1.82, 2.24) is 0 Å². The van der Waals surface area contributed by atoms with E-state index >= 15 is 0 Å². The first-order chi connectivity index (χ1) is 10.2. The Morgan fingerprint density at radius 2 is 1.76 bits per heavy atom. The van der Waals surface area contributed by atoms with Crippen LogP contribution in [0.3, 0.4) is 0 Å². The number of hydrogen-bond acceptors (Lipinski definition) is 3. The Morgan fingerprint density at radius 3 is 2.33 bits per heavy atom. The molecule has 0 aliphatic carbocycles. The predicted octanol–water partition coefficient (Wildman–Crippen LogP) is 3.43. The van der Waals surface area contributed by atoms with Gasteiger partial charge in [-0.15, -0.1) is 0 Å². The molecule has 0 aliphatic rings. The largest absolute Gasteiger partial charge is 0.489 e. The van der Waals surface area contributed by atoms with E-state index in [1.165, 1.54) is 7.11 Å². The molecule has 21 heavy (non-hydrogen) atoms. The molecule has 0 bridgehead atoms. The third-order valence-corrected chi connectivity index (χ3v) is 3.14. The lowest BCUT2D eigenvalue weighted by Crippen LogP contribution is -2.08. The minimum Gasteiger partial charge on any atom is -0.489 e. The maximum Gasteiger partial charge on any atom is 0.306 e. The number of benzene rings is 2. The monoisotopic (exact) mass is 286 g/mol. The molecule has 0 amide bonds. The Bertz CT molecular complexity index is 563. The van der Waals surface area contributed by atoms with Crippen LogP contribution in [0.15, 0.2) is 54.6 Å². The summed E-state index contributed by atoms with van der Waals surface area (Å²) >= 11 is 0. The van der Waals surface area contributed by atoms with Crippen molar-refractivity contribution in [2.45, 2.75) is 19.1 Å². The lowest BCUT2D eigenvalue weighted by Gasteiger charge is -2.14. The van der Waals surface area contributed by atoms with Gasteiger partial charge in [-0.1, -0.05) is 42.5 Å². The highest BCUT2D eigenvalue weighted by Crippen LogP contribution is 2.23. The van der Waals surface area contributed by atoms with Crippen LogP contribution in [-0.2, 0) is 16.1 Å². The Kier molecular flexibility index (Phi) is 5.35. The number of aliphatic carboxylic acids is 1. The van der Waals surface area contributed by atoms with E-state index in [-0.39, 0.29) is 6.42 Å². The van der Waals surface area contributed by atoms with Crippen LogP contribution in [0.25, 0.3) is 0 Å². The summed E-state index contributed by atoms with van der Waals surface area (Å²) in [6, 6.07) is 17.2. The van der Waals surface area contributed by atoms with E-state index in [0.29, 0.717) is 6.61 Å². The molecule has 1 unspecified atom stereocenters. The van der Waals surface area contributed by atoms with E-state index < -0.39 is 12.1 Å². The van der Waals surface area contributed by atoms with Gasteiger partial charge in [-0.2, -0.15) is 0 Å². The van der Waals surface area contributed by atoms with Gasteiger partial charge in [0.25, 0.3) is 0 Å². The predicted molar refractivity (Wildman–Crippen MR) is 79.2 cm³/mol. The fourth-order valence-electron chi connectivity index (χ4n) is 2.02. The van der Waals surface area contributed by atoms with Gasteiger partial charge in [0.2, 0.25) is 0 Å². The molecule has 0 radical (unpaired) electrons. The normalized spacial score (nSPS) is 11.9. The molecule has 2 aromatic rings. The molecule has 0 saturated heterocycles. The van der Waals surface area contributed by atoms with Crippen LogP contribution >= 0.6 is 0 Å². The van der Waals surface area contributed by atoms with Gasteiger partial charge in [0.1, 0.15) is 12.4 Å². The number of rotatable bonds is 7. The van der Waals surface area contributed by atoms with E-state index in [1.54, 1.807) is 0 Å². The summed E-state index contributed by atoms with van der Waals surface area (Å²) in [6.07, 6.45) is -0.494. The van der Waals surface area contributed by atoms with Crippen molar-refractivity contribution >= 4 is 5.97 Å². The van der Waals surface area contributed by atoms with Crippen molar-refractivity contribution < 1.29 is 19.4 Å². The number of carbonyl (C=O) groups is 1. The van der Waals surface area contributed by atoms with E-state index in [4.69, 9.17) is 14.6 Å². The van der Waals surface area contributed by atoms with Crippen molar-refractivity contribution in [3.8, 4) is 5.75 Å². The van der Waals surface area contributed by atoms with Crippen molar-refractivity contribution in [3.63, 3.8) is 0 Å². The Labute approximate surface area is 123 Å². The van der Waals surface area contributed by atoms with Crippen molar-refractivity contribution in [1.29, 1.82) is 0 Å². The number of carboxylic acids is 1. The summed E-state index contributed by atoms with van der Waals surface area (Å²) in [6.45, 7) is 0.503. The van der Waals surface area contributed by atoms with E-state index in [0.717, 1.165) is 16.9 Å². The summed E-state index contributed by atoms with van der Waals surface area (Å²) in [7, 11) is 1.51. The summed E-state index contributed by atoms with van der Waals surface area (Å²) in [5.74, 6) is -0.140. The third-order valence-electron chi connectivity index (χ3n) is 3.14. The van der Waals surface area contributed by atoms with Gasteiger partial charge in [0, 0.05) is 7.11 Å². The van der Waals surface area contributed by atoms with Gasteiger partial charge in [-0.05, 0) is 23.3 Å². The second-order valence-corrected chi connectivity index (χ2v) is 4.67. The molecular weight excluding hydrogens is 268 g/mol. The molecule has 0 saturated carbocycles. The van der Waals surface area contributed by atoms with Crippen molar-refractivity contribution in [2.75, 3.05) is 7.11 Å². The smallest absolute Gasteiger partial charge is 0.306 e. The number of hydrogen-bond donors (Lipinski definition) is 1. The van der Waals surface area contributed by atoms with Crippen LogP contribution in [0.2, 0.25) is 0 Å². The Balaban J connectivity index is 1.96. The van der Waals surface area contributed by atoms with Gasteiger partial charge in [0.05, 0.1) is 12.5 Å². The lowest BCUT2D eigenvalue weighted by molar-refractivity contribution is -0.139. The molecule has 0 spiro atoms. The fourth-order valence-corrected chi connectivity index (χ4v) is 2.02. The van der Waals surface area contributed by atoms with Crippen LogP contribution in [0.1, 0.15) is 23.7 Å². The van der Waals surface area contributed by atoms with Crippen LogP contribution in [0.4, 0.5) is 0 Å². The molecule has 1 N–H and O–H groups in total. The first-order valence-corrected chi connectivity index (χ1v) is 6.70. The summed E-state index contributed by atoms with van der Waals surface area (Å²) in [5, 5.41) is 8.84. The van der Waals surface area contributed by atoms with Crippen LogP contribution < -0.4 is 4.74 Å². The van der Waals surface area contributed by atoms with E-state index in [2.05, 4.69) is 0 Å². The first kappa shape index (κ1) is 15.1. The maximum absolute atomic E-state index is 10.8. The third kappa shape index (κ3) is 4.61.